The maximum atomic E-state index is 10.8. The lowest BCUT2D eigenvalue weighted by molar-refractivity contribution is -0.161. The van der Waals surface area contributed by atoms with Crippen molar-refractivity contribution < 1.29 is 23.7 Å². The van der Waals surface area contributed by atoms with E-state index in [1.807, 2.05) is 12.2 Å². The molecule has 14 heavy (non-hydrogen) atoms. The summed E-state index contributed by atoms with van der Waals surface area (Å²) in [5.41, 5.74) is 0. The zero-order chi connectivity index (χ0) is 9.97. The molecule has 5 heteroatoms. The highest BCUT2D eigenvalue weighted by atomic mass is 16.7. The SMILES string of the molecule is COC(=O)CO[C@@H]1C=C[C@H]2CO[C@@H]1O2. The molecule has 78 valence electrons. The van der Waals surface area contributed by atoms with Crippen LogP contribution in [-0.4, -0.2) is 44.8 Å². The van der Waals surface area contributed by atoms with Gasteiger partial charge in [-0.15, -0.1) is 0 Å². The highest BCUT2D eigenvalue weighted by Crippen LogP contribution is 2.23. The minimum atomic E-state index is -0.404. The van der Waals surface area contributed by atoms with Crippen molar-refractivity contribution in [3.8, 4) is 0 Å². The molecule has 0 aliphatic carbocycles. The van der Waals surface area contributed by atoms with Gasteiger partial charge in [0.05, 0.1) is 13.7 Å². The lowest BCUT2D eigenvalue weighted by Crippen LogP contribution is -2.33. The first-order chi connectivity index (χ1) is 6.79. The normalized spacial score (nSPS) is 34.5. The maximum absolute atomic E-state index is 10.8. The number of methoxy groups -OCH3 is 1. The van der Waals surface area contributed by atoms with Gasteiger partial charge in [0.25, 0.3) is 0 Å². The average Bonchev–Trinajstić information content (AvgIpc) is 2.60. The third kappa shape index (κ3) is 1.95. The summed E-state index contributed by atoms with van der Waals surface area (Å²) in [5.74, 6) is -0.404. The Bertz CT molecular complexity index is 250. The van der Waals surface area contributed by atoms with Gasteiger partial charge in [0.1, 0.15) is 18.8 Å². The second kappa shape index (κ2) is 4.08. The topological polar surface area (TPSA) is 54.0 Å². The Morgan fingerprint density at radius 3 is 3.21 bits per heavy atom. The van der Waals surface area contributed by atoms with Crippen molar-refractivity contribution >= 4 is 5.97 Å². The lowest BCUT2D eigenvalue weighted by atomic mass is 10.2. The number of fused-ring (bicyclic) bond motifs is 2. The molecule has 0 N–H and O–H groups in total. The van der Waals surface area contributed by atoms with Crippen molar-refractivity contribution in [2.24, 2.45) is 0 Å². The van der Waals surface area contributed by atoms with Crippen LogP contribution in [0.4, 0.5) is 0 Å². The van der Waals surface area contributed by atoms with Crippen LogP contribution in [0.1, 0.15) is 0 Å². The molecule has 0 saturated carbocycles. The molecule has 1 fully saturated rings. The molecule has 0 radical (unpaired) electrons. The molecule has 0 aromatic rings. The third-order valence-electron chi connectivity index (χ3n) is 2.14. The van der Waals surface area contributed by atoms with Gasteiger partial charge in [0.2, 0.25) is 0 Å². The molecule has 0 aromatic carbocycles. The number of hydrogen-bond donors (Lipinski definition) is 0. The molecule has 2 bridgehead atoms. The molecule has 0 aromatic heterocycles. The minimum absolute atomic E-state index is 0.0398. The summed E-state index contributed by atoms with van der Waals surface area (Å²) < 4.78 is 20.4. The van der Waals surface area contributed by atoms with Gasteiger partial charge in [0.15, 0.2) is 6.29 Å². The van der Waals surface area contributed by atoms with Crippen LogP contribution in [-0.2, 0) is 23.7 Å². The summed E-state index contributed by atoms with van der Waals surface area (Å²) in [7, 11) is 1.32. The van der Waals surface area contributed by atoms with E-state index in [0.717, 1.165) is 0 Å². The van der Waals surface area contributed by atoms with Crippen LogP contribution in [0.15, 0.2) is 12.2 Å². The van der Waals surface area contributed by atoms with Gasteiger partial charge >= 0.3 is 5.97 Å². The van der Waals surface area contributed by atoms with E-state index >= 15 is 0 Å². The van der Waals surface area contributed by atoms with Crippen molar-refractivity contribution in [2.45, 2.75) is 18.5 Å². The fraction of sp³-hybridized carbons (Fsp3) is 0.667. The molecule has 0 amide bonds. The first-order valence-corrected chi connectivity index (χ1v) is 4.43. The number of esters is 1. The standard InChI is InChI=1S/C9H12O5/c1-11-8(10)5-12-7-3-2-6-4-13-9(7)14-6/h2-3,6-7,9H,4-5H2,1H3/t6-,7+,9+/m0/s1. The van der Waals surface area contributed by atoms with Crippen molar-refractivity contribution in [2.75, 3.05) is 20.3 Å². The highest BCUT2D eigenvalue weighted by Gasteiger charge is 2.35. The van der Waals surface area contributed by atoms with E-state index in [2.05, 4.69) is 4.74 Å². The van der Waals surface area contributed by atoms with E-state index in [-0.39, 0.29) is 25.1 Å². The minimum Gasteiger partial charge on any atom is -0.467 e. The van der Waals surface area contributed by atoms with Gasteiger partial charge in [-0.3, -0.25) is 0 Å². The predicted molar refractivity (Wildman–Crippen MR) is 45.5 cm³/mol. The number of ether oxygens (including phenoxy) is 4. The molecular weight excluding hydrogens is 188 g/mol. The van der Waals surface area contributed by atoms with Crippen LogP contribution in [0.2, 0.25) is 0 Å². The van der Waals surface area contributed by atoms with Gasteiger partial charge < -0.3 is 18.9 Å². The molecule has 2 rings (SSSR count). The monoisotopic (exact) mass is 200 g/mol. The zero-order valence-corrected chi connectivity index (χ0v) is 7.84. The maximum Gasteiger partial charge on any atom is 0.331 e. The molecule has 0 spiro atoms. The van der Waals surface area contributed by atoms with E-state index in [1.165, 1.54) is 7.11 Å². The van der Waals surface area contributed by atoms with Crippen LogP contribution in [0.25, 0.3) is 0 Å². The first kappa shape index (κ1) is 9.64. The second-order valence-corrected chi connectivity index (χ2v) is 3.11. The van der Waals surface area contributed by atoms with Crippen LogP contribution >= 0.6 is 0 Å². The lowest BCUT2D eigenvalue weighted by Gasteiger charge is -2.22. The van der Waals surface area contributed by atoms with E-state index in [9.17, 15) is 4.79 Å². The van der Waals surface area contributed by atoms with Crippen LogP contribution in [0, 0.1) is 0 Å². The van der Waals surface area contributed by atoms with Crippen molar-refractivity contribution in [1.29, 1.82) is 0 Å². The molecule has 1 saturated heterocycles. The fourth-order valence-corrected chi connectivity index (χ4v) is 1.40. The Morgan fingerprint density at radius 2 is 2.43 bits per heavy atom. The Balaban J connectivity index is 1.83. The van der Waals surface area contributed by atoms with Crippen molar-refractivity contribution in [3.05, 3.63) is 12.2 Å². The molecule has 2 aliphatic rings. The molecule has 2 heterocycles. The molecule has 3 atom stereocenters. The number of carbonyl (C=O) groups is 1. The Hall–Kier alpha value is -0.910. The smallest absolute Gasteiger partial charge is 0.331 e. The van der Waals surface area contributed by atoms with Crippen LogP contribution in [0.5, 0.6) is 0 Å². The van der Waals surface area contributed by atoms with Gasteiger partial charge in [-0.05, 0) is 0 Å². The molecule has 2 aliphatic heterocycles. The zero-order valence-electron chi connectivity index (χ0n) is 7.84. The van der Waals surface area contributed by atoms with Crippen LogP contribution < -0.4 is 0 Å². The van der Waals surface area contributed by atoms with Gasteiger partial charge in [0, 0.05) is 0 Å². The van der Waals surface area contributed by atoms with E-state index in [0.29, 0.717) is 6.61 Å². The molecule has 5 nitrogen and oxygen atoms in total. The largest absolute Gasteiger partial charge is 0.467 e. The van der Waals surface area contributed by atoms with E-state index < -0.39 is 5.97 Å². The number of hydrogen-bond acceptors (Lipinski definition) is 5. The van der Waals surface area contributed by atoms with Crippen molar-refractivity contribution in [1.82, 2.24) is 0 Å². The third-order valence-corrected chi connectivity index (χ3v) is 2.14. The summed E-state index contributed by atoms with van der Waals surface area (Å²) in [6.45, 7) is 0.471. The summed E-state index contributed by atoms with van der Waals surface area (Å²) in [6, 6.07) is 0. The predicted octanol–water partition coefficient (Wildman–Crippen LogP) is -0.144. The number of rotatable bonds is 3. The molecule has 0 unspecified atom stereocenters. The van der Waals surface area contributed by atoms with E-state index in [1.54, 1.807) is 0 Å². The highest BCUT2D eigenvalue weighted by molar-refractivity contribution is 5.70. The van der Waals surface area contributed by atoms with Gasteiger partial charge in [-0.1, -0.05) is 12.2 Å². The quantitative estimate of drug-likeness (QED) is 0.468. The Labute approximate surface area is 81.6 Å². The molecular formula is C9H12O5. The Morgan fingerprint density at radius 1 is 1.57 bits per heavy atom. The van der Waals surface area contributed by atoms with Crippen molar-refractivity contribution in [3.63, 3.8) is 0 Å². The summed E-state index contributed by atoms with van der Waals surface area (Å²) >= 11 is 0. The van der Waals surface area contributed by atoms with E-state index in [4.69, 9.17) is 14.2 Å². The fourth-order valence-electron chi connectivity index (χ4n) is 1.40. The summed E-state index contributed by atoms with van der Waals surface area (Å²) in [5, 5.41) is 0. The van der Waals surface area contributed by atoms with Gasteiger partial charge in [-0.25, -0.2) is 4.79 Å². The summed E-state index contributed by atoms with van der Waals surface area (Å²) in [6.07, 6.45) is 3.08. The second-order valence-electron chi connectivity index (χ2n) is 3.11. The number of carbonyl (C=O) groups excluding carboxylic acids is 1. The Kier molecular flexibility index (Phi) is 2.81. The van der Waals surface area contributed by atoms with Crippen LogP contribution in [0.3, 0.4) is 0 Å². The summed E-state index contributed by atoms with van der Waals surface area (Å²) in [4.78, 5) is 10.8. The van der Waals surface area contributed by atoms with Gasteiger partial charge in [-0.2, -0.15) is 0 Å². The average molecular weight is 200 g/mol. The first-order valence-electron chi connectivity index (χ1n) is 4.43.